The second-order valence-electron chi connectivity index (χ2n) is 9.31. The van der Waals surface area contributed by atoms with Crippen LogP contribution in [0.3, 0.4) is 0 Å². The third-order valence-electron chi connectivity index (χ3n) is 7.10. The molecule has 184 valence electrons. The number of benzene rings is 1. The van der Waals surface area contributed by atoms with Gasteiger partial charge in [-0.05, 0) is 43.7 Å². The molecule has 35 heavy (non-hydrogen) atoms. The highest BCUT2D eigenvalue weighted by Gasteiger charge is 2.31. The lowest BCUT2D eigenvalue weighted by Crippen LogP contribution is -2.34. The maximum absolute atomic E-state index is 12.1. The fourth-order valence-electron chi connectivity index (χ4n) is 4.94. The Morgan fingerprint density at radius 3 is 2.69 bits per heavy atom. The summed E-state index contributed by atoms with van der Waals surface area (Å²) in [5.74, 6) is 7.25. The molecule has 1 aliphatic carbocycles. The van der Waals surface area contributed by atoms with Gasteiger partial charge in [0.15, 0.2) is 0 Å². The zero-order chi connectivity index (χ0) is 24.9. The van der Waals surface area contributed by atoms with E-state index in [-0.39, 0.29) is 41.9 Å². The summed E-state index contributed by atoms with van der Waals surface area (Å²) in [7, 11) is 1.47. The van der Waals surface area contributed by atoms with E-state index < -0.39 is 5.91 Å². The number of amides is 2. The van der Waals surface area contributed by atoms with E-state index in [1.54, 1.807) is 18.3 Å². The lowest BCUT2D eigenvalue weighted by molar-refractivity contribution is -0.119. The van der Waals surface area contributed by atoms with Crippen molar-refractivity contribution in [3.8, 4) is 23.5 Å². The molecule has 1 saturated heterocycles. The molecule has 3 N–H and O–H groups in total. The maximum atomic E-state index is 12.1. The number of carbonyl (C=O) groups excluding carboxylic acids is 3. The van der Waals surface area contributed by atoms with E-state index in [0.29, 0.717) is 34.4 Å². The minimum Gasteiger partial charge on any atom is -0.496 e. The number of pyridine rings is 1. The second-order valence-corrected chi connectivity index (χ2v) is 9.31. The minimum absolute atomic E-state index is 0.0313. The van der Waals surface area contributed by atoms with Crippen molar-refractivity contribution in [1.29, 1.82) is 0 Å². The molecule has 2 atom stereocenters. The molecule has 2 amide bonds. The molecule has 2 fully saturated rings. The Kier molecular flexibility index (Phi) is 7.54. The Labute approximate surface area is 204 Å². The summed E-state index contributed by atoms with van der Waals surface area (Å²) in [5, 5.41) is 4.32. The minimum atomic E-state index is -0.603. The zero-order valence-electron chi connectivity index (χ0n) is 20.1. The summed E-state index contributed by atoms with van der Waals surface area (Å²) in [6.07, 6.45) is 7.53. The van der Waals surface area contributed by atoms with Crippen molar-refractivity contribution >= 4 is 28.9 Å². The van der Waals surface area contributed by atoms with Crippen LogP contribution >= 0.6 is 0 Å². The first-order chi connectivity index (χ1) is 16.9. The number of hydrogen-bond acceptors (Lipinski definition) is 6. The van der Waals surface area contributed by atoms with Gasteiger partial charge in [0.2, 0.25) is 11.8 Å². The monoisotopic (exact) mass is 477 g/mol. The third kappa shape index (κ3) is 5.40. The van der Waals surface area contributed by atoms with Crippen LogP contribution in [0.15, 0.2) is 18.3 Å². The number of nitrogens with two attached hydrogens (primary N) is 1. The number of nitrogens with zero attached hydrogens (tertiary/aromatic N) is 1. The van der Waals surface area contributed by atoms with Crippen LogP contribution in [-0.2, 0) is 9.59 Å². The third-order valence-corrected chi connectivity index (χ3v) is 7.10. The van der Waals surface area contributed by atoms with E-state index in [0.717, 1.165) is 38.4 Å². The standard InChI is InChI=1S/C27H31N3O5/c1-3-18-10-25(32)30-23(18)15-35-27-21-12-24(34-2)22(26(28)33)11-20(21)19(13-29-27)9-8-16-4-6-17(14-31)7-5-16/h11-14,16-18,23H,3-7,10,15H2,1-2H3,(H2,28,33)(H,30,32)/t16?,17?,18-,23-/m1/s1. The highest BCUT2D eigenvalue weighted by molar-refractivity contribution is 6.03. The van der Waals surface area contributed by atoms with E-state index in [1.807, 2.05) is 0 Å². The molecule has 0 radical (unpaired) electrons. The second kappa shape index (κ2) is 10.8. The quantitative estimate of drug-likeness (QED) is 0.467. The topological polar surface area (TPSA) is 121 Å². The molecule has 1 aromatic heterocycles. The molecule has 1 saturated carbocycles. The van der Waals surface area contributed by atoms with E-state index >= 15 is 0 Å². The number of primary amides is 1. The van der Waals surface area contributed by atoms with Crippen molar-refractivity contribution in [2.24, 2.45) is 23.5 Å². The first kappa shape index (κ1) is 24.5. The van der Waals surface area contributed by atoms with Gasteiger partial charge in [0.1, 0.15) is 18.6 Å². The van der Waals surface area contributed by atoms with Gasteiger partial charge in [-0.1, -0.05) is 25.2 Å². The van der Waals surface area contributed by atoms with Crippen molar-refractivity contribution < 1.29 is 23.9 Å². The largest absolute Gasteiger partial charge is 0.496 e. The van der Waals surface area contributed by atoms with Crippen LogP contribution in [0.5, 0.6) is 11.6 Å². The first-order valence-corrected chi connectivity index (χ1v) is 12.1. The molecule has 0 unspecified atom stereocenters. The Hall–Kier alpha value is -3.60. The molecular weight excluding hydrogens is 446 g/mol. The fourth-order valence-corrected chi connectivity index (χ4v) is 4.94. The molecule has 2 aliphatic rings. The smallest absolute Gasteiger partial charge is 0.252 e. The Balaban J connectivity index is 1.67. The van der Waals surface area contributed by atoms with Gasteiger partial charge < -0.3 is 25.3 Å². The van der Waals surface area contributed by atoms with Gasteiger partial charge in [-0.25, -0.2) is 4.98 Å². The van der Waals surface area contributed by atoms with Gasteiger partial charge in [-0.3, -0.25) is 9.59 Å². The predicted molar refractivity (Wildman–Crippen MR) is 131 cm³/mol. The van der Waals surface area contributed by atoms with Gasteiger partial charge in [-0.15, -0.1) is 0 Å². The Morgan fingerprint density at radius 2 is 2.03 bits per heavy atom. The number of aromatic nitrogens is 1. The summed E-state index contributed by atoms with van der Waals surface area (Å²) >= 11 is 0. The fraction of sp³-hybridized carbons (Fsp3) is 0.481. The number of nitrogens with one attached hydrogen (secondary N) is 1. The van der Waals surface area contributed by atoms with Crippen molar-refractivity contribution in [1.82, 2.24) is 10.3 Å². The van der Waals surface area contributed by atoms with Crippen LogP contribution < -0.4 is 20.5 Å². The Bertz CT molecular complexity index is 1190. The van der Waals surface area contributed by atoms with Crippen molar-refractivity contribution in [3.05, 3.63) is 29.5 Å². The van der Waals surface area contributed by atoms with Gasteiger partial charge >= 0.3 is 0 Å². The van der Waals surface area contributed by atoms with Crippen LogP contribution in [0, 0.1) is 29.6 Å². The summed E-state index contributed by atoms with van der Waals surface area (Å²) in [6.45, 7) is 2.35. The molecule has 4 rings (SSSR count). The van der Waals surface area contributed by atoms with Gasteiger partial charge in [0.25, 0.3) is 5.91 Å². The number of hydrogen-bond donors (Lipinski definition) is 2. The molecule has 0 spiro atoms. The number of ether oxygens (including phenoxy) is 2. The van der Waals surface area contributed by atoms with Crippen LogP contribution in [0.4, 0.5) is 0 Å². The summed E-state index contributed by atoms with van der Waals surface area (Å²) in [4.78, 5) is 39.5. The van der Waals surface area contributed by atoms with Crippen LogP contribution in [0.2, 0.25) is 0 Å². The van der Waals surface area contributed by atoms with E-state index in [2.05, 4.69) is 29.1 Å². The number of fused-ring (bicyclic) bond motifs is 1. The number of rotatable bonds is 7. The van der Waals surface area contributed by atoms with Crippen LogP contribution in [0.25, 0.3) is 10.8 Å². The Morgan fingerprint density at radius 1 is 1.26 bits per heavy atom. The molecule has 1 aromatic carbocycles. The molecule has 1 aliphatic heterocycles. The van der Waals surface area contributed by atoms with Crippen molar-refractivity contribution in [2.75, 3.05) is 13.7 Å². The van der Waals surface area contributed by atoms with Gasteiger partial charge in [0.05, 0.1) is 24.3 Å². The average Bonchev–Trinajstić information content (AvgIpc) is 3.25. The SMILES string of the molecule is CC[C@@H]1CC(=O)N[C@@H]1COc1ncc(C#CC2CCC(C=O)CC2)c2cc(C(N)=O)c(OC)cc12. The van der Waals surface area contributed by atoms with Gasteiger partial charge in [0, 0.05) is 35.2 Å². The van der Waals surface area contributed by atoms with Gasteiger partial charge in [-0.2, -0.15) is 0 Å². The summed E-state index contributed by atoms with van der Waals surface area (Å²) in [6, 6.07) is 3.28. The van der Waals surface area contributed by atoms with Crippen molar-refractivity contribution in [3.63, 3.8) is 0 Å². The molecule has 2 heterocycles. The first-order valence-electron chi connectivity index (χ1n) is 12.1. The summed E-state index contributed by atoms with van der Waals surface area (Å²) in [5.41, 5.74) is 6.51. The van der Waals surface area contributed by atoms with Crippen LogP contribution in [-0.4, -0.2) is 42.8 Å². The molecule has 0 bridgehead atoms. The summed E-state index contributed by atoms with van der Waals surface area (Å²) < 4.78 is 11.5. The molecule has 8 nitrogen and oxygen atoms in total. The lowest BCUT2D eigenvalue weighted by Gasteiger charge is -2.21. The maximum Gasteiger partial charge on any atom is 0.252 e. The van der Waals surface area contributed by atoms with Crippen molar-refractivity contribution in [2.45, 2.75) is 51.5 Å². The van der Waals surface area contributed by atoms with Crippen LogP contribution in [0.1, 0.15) is 61.4 Å². The van der Waals surface area contributed by atoms with E-state index in [9.17, 15) is 14.4 Å². The molecular formula is C27H31N3O5. The molecule has 2 aromatic rings. The zero-order valence-corrected chi connectivity index (χ0v) is 20.1. The predicted octanol–water partition coefficient (Wildman–Crippen LogP) is 2.99. The normalized spacial score (nSPS) is 23.8. The highest BCUT2D eigenvalue weighted by atomic mass is 16.5. The van der Waals surface area contributed by atoms with E-state index in [1.165, 1.54) is 7.11 Å². The molecule has 8 heteroatoms. The highest BCUT2D eigenvalue weighted by Crippen LogP contribution is 2.34. The number of aldehydes is 1. The number of carbonyl (C=O) groups is 3. The average molecular weight is 478 g/mol. The van der Waals surface area contributed by atoms with E-state index in [4.69, 9.17) is 15.2 Å². The number of methoxy groups -OCH3 is 1. The lowest BCUT2D eigenvalue weighted by atomic mass is 9.83.